The Labute approximate surface area is 121 Å². The minimum absolute atomic E-state index is 0.0374. The molecular formula is C16H27FN2O. The fourth-order valence-corrected chi connectivity index (χ4v) is 2.27. The Hall–Kier alpha value is -1.13. The van der Waals surface area contributed by atoms with Gasteiger partial charge in [0.1, 0.15) is 5.82 Å². The second kappa shape index (κ2) is 8.93. The molecule has 0 aliphatic carbocycles. The van der Waals surface area contributed by atoms with E-state index in [1.165, 1.54) is 0 Å². The summed E-state index contributed by atoms with van der Waals surface area (Å²) in [7, 11) is 0. The Morgan fingerprint density at radius 3 is 2.55 bits per heavy atom. The first-order valence-corrected chi connectivity index (χ1v) is 7.52. The van der Waals surface area contributed by atoms with Gasteiger partial charge in [-0.05, 0) is 44.0 Å². The maximum Gasteiger partial charge on any atom is 0.146 e. The Kier molecular flexibility index (Phi) is 7.55. The third-order valence-corrected chi connectivity index (χ3v) is 3.38. The molecule has 0 aliphatic heterocycles. The van der Waals surface area contributed by atoms with Gasteiger partial charge in [-0.15, -0.1) is 0 Å². The number of benzene rings is 1. The third kappa shape index (κ3) is 4.76. The van der Waals surface area contributed by atoms with Crippen molar-refractivity contribution in [3.63, 3.8) is 0 Å². The van der Waals surface area contributed by atoms with Gasteiger partial charge in [0.2, 0.25) is 0 Å². The number of aliphatic hydroxyl groups excluding tert-OH is 1. The molecule has 4 heteroatoms. The molecule has 0 amide bonds. The maximum atomic E-state index is 14.3. The number of rotatable bonds is 9. The molecule has 1 rings (SSSR count). The van der Waals surface area contributed by atoms with Gasteiger partial charge in [0.15, 0.2) is 0 Å². The third-order valence-electron chi connectivity index (χ3n) is 3.38. The van der Waals surface area contributed by atoms with Gasteiger partial charge in [-0.25, -0.2) is 4.39 Å². The number of halogens is 1. The summed E-state index contributed by atoms with van der Waals surface area (Å²) >= 11 is 0. The summed E-state index contributed by atoms with van der Waals surface area (Å²) in [5.74, 6) is -0.213. The van der Waals surface area contributed by atoms with Crippen molar-refractivity contribution in [3.05, 3.63) is 29.6 Å². The zero-order chi connectivity index (χ0) is 15.0. The lowest BCUT2D eigenvalue weighted by Crippen LogP contribution is -2.28. The average molecular weight is 282 g/mol. The van der Waals surface area contributed by atoms with Gasteiger partial charge in [-0.2, -0.15) is 0 Å². The summed E-state index contributed by atoms with van der Waals surface area (Å²) < 4.78 is 14.3. The molecule has 0 spiro atoms. The van der Waals surface area contributed by atoms with E-state index >= 15 is 0 Å². The van der Waals surface area contributed by atoms with Gasteiger partial charge in [0, 0.05) is 19.1 Å². The van der Waals surface area contributed by atoms with E-state index in [-0.39, 0.29) is 18.5 Å². The zero-order valence-electron chi connectivity index (χ0n) is 12.8. The molecule has 0 bridgehead atoms. The van der Waals surface area contributed by atoms with Crippen LogP contribution in [0.1, 0.15) is 45.2 Å². The van der Waals surface area contributed by atoms with Crippen LogP contribution in [0.4, 0.5) is 10.1 Å². The molecule has 0 radical (unpaired) electrons. The number of hydrogen-bond donors (Lipinski definition) is 2. The van der Waals surface area contributed by atoms with Gasteiger partial charge in [0.05, 0.1) is 12.3 Å². The molecule has 0 aromatic heterocycles. The highest BCUT2D eigenvalue weighted by Crippen LogP contribution is 2.23. The molecule has 0 fully saturated rings. The Bertz CT molecular complexity index is 392. The second-order valence-electron chi connectivity index (χ2n) is 5.10. The molecule has 0 aliphatic rings. The molecule has 114 valence electrons. The van der Waals surface area contributed by atoms with E-state index in [0.29, 0.717) is 12.2 Å². The normalized spacial score (nSPS) is 12.4. The van der Waals surface area contributed by atoms with Crippen LogP contribution >= 0.6 is 0 Å². The van der Waals surface area contributed by atoms with Crippen molar-refractivity contribution in [1.82, 2.24) is 5.32 Å². The first-order valence-electron chi connectivity index (χ1n) is 7.52. The van der Waals surface area contributed by atoms with E-state index in [1.807, 2.05) is 30.9 Å². The molecule has 0 saturated carbocycles. The van der Waals surface area contributed by atoms with E-state index in [4.69, 9.17) is 5.11 Å². The summed E-state index contributed by atoms with van der Waals surface area (Å²) in [6.07, 6.45) is 1.99. The van der Waals surface area contributed by atoms with Crippen LogP contribution in [0.5, 0.6) is 0 Å². The van der Waals surface area contributed by atoms with Crippen molar-refractivity contribution < 1.29 is 9.50 Å². The van der Waals surface area contributed by atoms with Gasteiger partial charge >= 0.3 is 0 Å². The van der Waals surface area contributed by atoms with Crippen molar-refractivity contribution >= 4 is 5.69 Å². The summed E-state index contributed by atoms with van der Waals surface area (Å²) in [5.41, 5.74) is 1.53. The van der Waals surface area contributed by atoms with Crippen molar-refractivity contribution in [2.75, 3.05) is 31.1 Å². The molecule has 1 atom stereocenters. The molecule has 20 heavy (non-hydrogen) atoms. The van der Waals surface area contributed by atoms with Crippen LogP contribution < -0.4 is 10.2 Å². The Morgan fingerprint density at radius 2 is 2.00 bits per heavy atom. The monoisotopic (exact) mass is 282 g/mol. The van der Waals surface area contributed by atoms with E-state index in [1.54, 1.807) is 6.07 Å². The van der Waals surface area contributed by atoms with Gasteiger partial charge in [-0.1, -0.05) is 19.9 Å². The lowest BCUT2D eigenvalue weighted by molar-refractivity contribution is 0.301. The number of hydrogen-bond acceptors (Lipinski definition) is 3. The van der Waals surface area contributed by atoms with Gasteiger partial charge in [0.25, 0.3) is 0 Å². The second-order valence-corrected chi connectivity index (χ2v) is 5.10. The summed E-state index contributed by atoms with van der Waals surface area (Å²) in [6, 6.07) is 5.53. The van der Waals surface area contributed by atoms with Gasteiger partial charge in [-0.3, -0.25) is 0 Å². The quantitative estimate of drug-likeness (QED) is 0.730. The summed E-state index contributed by atoms with van der Waals surface area (Å²) in [5, 5.41) is 12.4. The van der Waals surface area contributed by atoms with Crippen molar-refractivity contribution in [2.45, 2.75) is 39.7 Å². The minimum Gasteiger partial charge on any atom is -0.395 e. The van der Waals surface area contributed by atoms with E-state index in [2.05, 4.69) is 12.2 Å². The van der Waals surface area contributed by atoms with Crippen molar-refractivity contribution in [3.8, 4) is 0 Å². The highest BCUT2D eigenvalue weighted by atomic mass is 19.1. The maximum absolute atomic E-state index is 14.3. The lowest BCUT2D eigenvalue weighted by atomic mass is 10.1. The predicted octanol–water partition coefficient (Wildman–Crippen LogP) is 3.10. The molecular weight excluding hydrogens is 255 g/mol. The fraction of sp³-hybridized carbons (Fsp3) is 0.625. The van der Waals surface area contributed by atoms with Crippen LogP contribution in [0.2, 0.25) is 0 Å². The number of nitrogens with zero attached hydrogens (tertiary/aromatic N) is 1. The smallest absolute Gasteiger partial charge is 0.146 e. The first-order chi connectivity index (χ1) is 9.63. The van der Waals surface area contributed by atoms with Crippen LogP contribution in [0.3, 0.4) is 0 Å². The molecule has 0 heterocycles. The van der Waals surface area contributed by atoms with Crippen LogP contribution in [-0.4, -0.2) is 31.3 Å². The predicted molar refractivity (Wildman–Crippen MR) is 82.7 cm³/mol. The van der Waals surface area contributed by atoms with Crippen molar-refractivity contribution in [2.24, 2.45) is 0 Å². The highest BCUT2D eigenvalue weighted by Gasteiger charge is 2.13. The van der Waals surface area contributed by atoms with E-state index in [0.717, 1.165) is 31.5 Å². The van der Waals surface area contributed by atoms with E-state index < -0.39 is 0 Å². The van der Waals surface area contributed by atoms with Gasteiger partial charge < -0.3 is 15.3 Å². The van der Waals surface area contributed by atoms with Crippen molar-refractivity contribution in [1.29, 1.82) is 0 Å². The molecule has 1 unspecified atom stereocenters. The largest absolute Gasteiger partial charge is 0.395 e. The number of nitrogens with one attached hydrogen (secondary N) is 1. The SMILES string of the molecule is CCCNC(C)c1ccc(N(CCC)CCO)c(F)c1. The highest BCUT2D eigenvalue weighted by molar-refractivity contribution is 5.49. The molecule has 1 aromatic rings. The molecule has 0 saturated heterocycles. The number of aliphatic hydroxyl groups is 1. The van der Waals surface area contributed by atoms with Crippen LogP contribution in [0.15, 0.2) is 18.2 Å². The lowest BCUT2D eigenvalue weighted by Gasteiger charge is -2.24. The molecule has 1 aromatic carbocycles. The van der Waals surface area contributed by atoms with Crippen LogP contribution in [0.25, 0.3) is 0 Å². The Morgan fingerprint density at radius 1 is 1.25 bits per heavy atom. The standard InChI is InChI=1S/C16H27FN2O/c1-4-8-18-13(3)14-6-7-16(15(17)12-14)19(9-5-2)10-11-20/h6-7,12-13,18,20H,4-5,8-11H2,1-3H3. The fourth-order valence-electron chi connectivity index (χ4n) is 2.27. The molecule has 3 nitrogen and oxygen atoms in total. The zero-order valence-corrected chi connectivity index (χ0v) is 12.8. The first kappa shape index (κ1) is 16.9. The topological polar surface area (TPSA) is 35.5 Å². The van der Waals surface area contributed by atoms with Crippen LogP contribution in [-0.2, 0) is 0 Å². The average Bonchev–Trinajstić information content (AvgIpc) is 2.44. The van der Waals surface area contributed by atoms with Crippen LogP contribution in [0, 0.1) is 5.82 Å². The minimum atomic E-state index is -0.213. The molecule has 2 N–H and O–H groups in total. The summed E-state index contributed by atoms with van der Waals surface area (Å²) in [4.78, 5) is 1.89. The number of anilines is 1. The summed E-state index contributed by atoms with van der Waals surface area (Å²) in [6.45, 7) is 8.39. The van der Waals surface area contributed by atoms with E-state index in [9.17, 15) is 4.39 Å². The Balaban J connectivity index is 2.85.